The lowest BCUT2D eigenvalue weighted by Gasteiger charge is -2.26. The molecule has 1 unspecified atom stereocenters. The molecular formula is C24H26FNO6. The van der Waals surface area contributed by atoms with E-state index < -0.39 is 29.3 Å². The standard InChI is InChI=1S/C24H26FNO6/c1-14(2)32-12-11-26-21(15-5-8-17(30-3)9-6-15)20(23(28)24(26)29)22(27)18-13-16(25)7-10-19(18)31-4/h5-10,13-14,21,27H,11-12H2,1-4H3/b22-20+. The Kier molecular flexibility index (Phi) is 7.15. The third-order valence-electron chi connectivity index (χ3n) is 5.17. The van der Waals surface area contributed by atoms with Crippen LogP contribution in [0.3, 0.4) is 0 Å². The second-order valence-electron chi connectivity index (χ2n) is 7.53. The summed E-state index contributed by atoms with van der Waals surface area (Å²) < 4.78 is 29.9. The van der Waals surface area contributed by atoms with Gasteiger partial charge in [-0.25, -0.2) is 4.39 Å². The van der Waals surface area contributed by atoms with Crippen LogP contribution in [0, 0.1) is 5.82 Å². The van der Waals surface area contributed by atoms with Crippen LogP contribution in [-0.2, 0) is 14.3 Å². The van der Waals surface area contributed by atoms with Crippen molar-refractivity contribution in [2.75, 3.05) is 27.4 Å². The fourth-order valence-corrected chi connectivity index (χ4v) is 3.64. The Labute approximate surface area is 186 Å². The van der Waals surface area contributed by atoms with Crippen molar-refractivity contribution in [2.45, 2.75) is 26.0 Å². The van der Waals surface area contributed by atoms with Crippen molar-refractivity contribution in [1.29, 1.82) is 0 Å². The number of ketones is 1. The first-order chi connectivity index (χ1) is 15.3. The van der Waals surface area contributed by atoms with Gasteiger partial charge in [-0.05, 0) is 49.7 Å². The van der Waals surface area contributed by atoms with Crippen LogP contribution >= 0.6 is 0 Å². The van der Waals surface area contributed by atoms with Gasteiger partial charge in [0.2, 0.25) is 0 Å². The largest absolute Gasteiger partial charge is 0.507 e. The third kappa shape index (κ3) is 4.60. The lowest BCUT2D eigenvalue weighted by atomic mass is 9.95. The summed E-state index contributed by atoms with van der Waals surface area (Å²) in [7, 11) is 2.90. The minimum Gasteiger partial charge on any atom is -0.507 e. The van der Waals surface area contributed by atoms with Crippen LogP contribution in [-0.4, -0.2) is 55.2 Å². The molecule has 0 radical (unpaired) electrons. The molecule has 170 valence electrons. The number of hydrogen-bond donors (Lipinski definition) is 1. The van der Waals surface area contributed by atoms with E-state index >= 15 is 0 Å². The zero-order valence-electron chi connectivity index (χ0n) is 18.4. The molecule has 1 aliphatic heterocycles. The van der Waals surface area contributed by atoms with Crippen LogP contribution in [0.15, 0.2) is 48.0 Å². The first-order valence-electron chi connectivity index (χ1n) is 10.2. The second-order valence-corrected chi connectivity index (χ2v) is 7.53. The fraction of sp³-hybridized carbons (Fsp3) is 0.333. The number of methoxy groups -OCH3 is 2. The van der Waals surface area contributed by atoms with Gasteiger partial charge in [-0.15, -0.1) is 0 Å². The highest BCUT2D eigenvalue weighted by atomic mass is 19.1. The molecule has 3 rings (SSSR count). The van der Waals surface area contributed by atoms with E-state index in [4.69, 9.17) is 14.2 Å². The number of aliphatic hydroxyl groups excluding tert-OH is 1. The van der Waals surface area contributed by atoms with Crippen LogP contribution in [0.25, 0.3) is 5.76 Å². The summed E-state index contributed by atoms with van der Waals surface area (Å²) in [6.07, 6.45) is -0.0530. The van der Waals surface area contributed by atoms with Crippen molar-refractivity contribution < 1.29 is 33.3 Å². The number of rotatable bonds is 8. The Morgan fingerprint density at radius 2 is 1.78 bits per heavy atom. The molecule has 1 amide bonds. The van der Waals surface area contributed by atoms with Gasteiger partial charge >= 0.3 is 0 Å². The summed E-state index contributed by atoms with van der Waals surface area (Å²) in [5.41, 5.74) is 0.433. The second kappa shape index (κ2) is 9.82. The normalized spacial score (nSPS) is 17.8. The van der Waals surface area contributed by atoms with Gasteiger partial charge in [0.05, 0.1) is 44.1 Å². The molecule has 1 aliphatic rings. The number of halogens is 1. The number of likely N-dealkylation sites (tertiary alicyclic amines) is 1. The molecule has 2 aromatic rings. The van der Waals surface area contributed by atoms with Gasteiger partial charge in [0.25, 0.3) is 11.7 Å². The SMILES string of the molecule is COc1ccc(C2/C(=C(\O)c3cc(F)ccc3OC)C(=O)C(=O)N2CCOC(C)C)cc1. The van der Waals surface area contributed by atoms with E-state index in [1.54, 1.807) is 24.3 Å². The Balaban J connectivity index is 2.15. The van der Waals surface area contributed by atoms with Gasteiger partial charge < -0.3 is 24.2 Å². The van der Waals surface area contributed by atoms with Gasteiger partial charge in [-0.1, -0.05) is 12.1 Å². The van der Waals surface area contributed by atoms with E-state index in [0.717, 1.165) is 6.07 Å². The molecule has 1 atom stereocenters. The monoisotopic (exact) mass is 443 g/mol. The molecule has 32 heavy (non-hydrogen) atoms. The van der Waals surface area contributed by atoms with Crippen LogP contribution in [0.5, 0.6) is 11.5 Å². The average Bonchev–Trinajstić information content (AvgIpc) is 3.03. The molecule has 0 saturated carbocycles. The van der Waals surface area contributed by atoms with Crippen molar-refractivity contribution >= 4 is 17.4 Å². The summed E-state index contributed by atoms with van der Waals surface area (Å²) in [6.45, 7) is 4.08. The molecule has 0 bridgehead atoms. The Morgan fingerprint density at radius 3 is 2.38 bits per heavy atom. The number of carbonyl (C=O) groups excluding carboxylic acids is 2. The number of nitrogens with zero attached hydrogens (tertiary/aromatic N) is 1. The lowest BCUT2D eigenvalue weighted by molar-refractivity contribution is -0.140. The summed E-state index contributed by atoms with van der Waals surface area (Å²) in [4.78, 5) is 27.3. The van der Waals surface area contributed by atoms with Crippen LogP contribution in [0.1, 0.15) is 31.0 Å². The van der Waals surface area contributed by atoms with Crippen molar-refractivity contribution in [1.82, 2.24) is 4.90 Å². The number of carbonyl (C=O) groups is 2. The molecule has 0 spiro atoms. The third-order valence-corrected chi connectivity index (χ3v) is 5.17. The maximum absolute atomic E-state index is 13.9. The zero-order valence-corrected chi connectivity index (χ0v) is 18.4. The maximum Gasteiger partial charge on any atom is 0.295 e. The lowest BCUT2D eigenvalue weighted by Crippen LogP contribution is -2.33. The molecule has 0 aromatic heterocycles. The number of Topliss-reactive ketones (excluding diaryl/α,β-unsaturated/α-hetero) is 1. The summed E-state index contributed by atoms with van der Waals surface area (Å²) in [5, 5.41) is 11.1. The highest BCUT2D eigenvalue weighted by Gasteiger charge is 2.46. The van der Waals surface area contributed by atoms with Gasteiger partial charge in [-0.2, -0.15) is 0 Å². The Hall–Kier alpha value is -3.39. The van der Waals surface area contributed by atoms with Gasteiger partial charge in [0, 0.05) is 6.54 Å². The molecule has 2 aromatic carbocycles. The predicted molar refractivity (Wildman–Crippen MR) is 116 cm³/mol. The Morgan fingerprint density at radius 1 is 1.09 bits per heavy atom. The van der Waals surface area contributed by atoms with Crippen LogP contribution < -0.4 is 9.47 Å². The Bertz CT molecular complexity index is 1030. The summed E-state index contributed by atoms with van der Waals surface area (Å²) >= 11 is 0. The topological polar surface area (TPSA) is 85.3 Å². The maximum atomic E-state index is 13.9. The van der Waals surface area contributed by atoms with E-state index in [9.17, 15) is 19.1 Å². The van der Waals surface area contributed by atoms with Gasteiger partial charge in [0.15, 0.2) is 0 Å². The van der Waals surface area contributed by atoms with Crippen molar-refractivity contribution in [2.24, 2.45) is 0 Å². The van der Waals surface area contributed by atoms with Gasteiger partial charge in [-0.3, -0.25) is 9.59 Å². The van der Waals surface area contributed by atoms with E-state index in [-0.39, 0.29) is 36.1 Å². The van der Waals surface area contributed by atoms with Crippen molar-refractivity contribution in [3.8, 4) is 11.5 Å². The average molecular weight is 443 g/mol. The molecule has 7 nitrogen and oxygen atoms in total. The highest BCUT2D eigenvalue weighted by Crippen LogP contribution is 2.41. The molecule has 1 N–H and O–H groups in total. The first-order valence-corrected chi connectivity index (χ1v) is 10.2. The van der Waals surface area contributed by atoms with E-state index in [1.165, 1.54) is 31.3 Å². The quantitative estimate of drug-likeness (QED) is 0.381. The minimum absolute atomic E-state index is 0.0116. The highest BCUT2D eigenvalue weighted by molar-refractivity contribution is 6.46. The van der Waals surface area contributed by atoms with Gasteiger partial charge in [0.1, 0.15) is 23.1 Å². The smallest absolute Gasteiger partial charge is 0.295 e. The number of amides is 1. The molecule has 8 heteroatoms. The van der Waals surface area contributed by atoms with E-state index in [0.29, 0.717) is 11.3 Å². The van der Waals surface area contributed by atoms with Crippen molar-refractivity contribution in [3.63, 3.8) is 0 Å². The predicted octanol–water partition coefficient (Wildman–Crippen LogP) is 3.69. The number of ether oxygens (including phenoxy) is 3. The zero-order chi connectivity index (χ0) is 23.4. The molecule has 0 aliphatic carbocycles. The van der Waals surface area contributed by atoms with Crippen LogP contribution in [0.2, 0.25) is 0 Å². The number of hydrogen-bond acceptors (Lipinski definition) is 6. The van der Waals surface area contributed by atoms with E-state index in [2.05, 4.69) is 0 Å². The molecule has 1 saturated heterocycles. The van der Waals surface area contributed by atoms with Crippen LogP contribution in [0.4, 0.5) is 4.39 Å². The van der Waals surface area contributed by atoms with Crippen molar-refractivity contribution in [3.05, 3.63) is 65.0 Å². The molecule has 1 fully saturated rings. The first kappa shape index (κ1) is 23.3. The minimum atomic E-state index is -0.885. The summed E-state index contributed by atoms with van der Waals surface area (Å²) in [5.74, 6) is -1.98. The fourth-order valence-electron chi connectivity index (χ4n) is 3.64. The summed E-state index contributed by atoms with van der Waals surface area (Å²) in [6, 6.07) is 9.52. The molecular weight excluding hydrogens is 417 g/mol. The number of aliphatic hydroxyl groups is 1. The van der Waals surface area contributed by atoms with E-state index in [1.807, 2.05) is 13.8 Å². The number of benzene rings is 2. The molecule has 1 heterocycles.